The van der Waals surface area contributed by atoms with Gasteiger partial charge in [0.1, 0.15) is 0 Å². The van der Waals surface area contributed by atoms with Gasteiger partial charge in [-0.25, -0.2) is 0 Å². The third-order valence-electron chi connectivity index (χ3n) is 4.57. The zero-order valence-corrected chi connectivity index (χ0v) is 12.9. The molecule has 3 nitrogen and oxygen atoms in total. The molecule has 0 aliphatic carbocycles. The summed E-state index contributed by atoms with van der Waals surface area (Å²) in [5.41, 5.74) is 0.913. The molecule has 0 radical (unpaired) electrons. The van der Waals surface area contributed by atoms with E-state index in [1.54, 1.807) is 0 Å². The molecule has 2 fully saturated rings. The van der Waals surface area contributed by atoms with Gasteiger partial charge in [-0.3, -0.25) is 9.69 Å². The lowest BCUT2D eigenvalue weighted by Gasteiger charge is -2.32. The number of amides is 1. The smallest absolute Gasteiger partial charge is 0.249 e. The molecular weight excluding hydrogens is 236 g/mol. The number of hydrogen-bond acceptors (Lipinski definition) is 2. The van der Waals surface area contributed by atoms with Crippen LogP contribution in [0.3, 0.4) is 0 Å². The second-order valence-electron chi connectivity index (χ2n) is 6.26. The van der Waals surface area contributed by atoms with Gasteiger partial charge in [-0.2, -0.15) is 0 Å². The Kier molecular flexibility index (Phi) is 4.67. The number of fused-ring (bicyclic) bond motifs is 2. The molecule has 2 aliphatic rings. The van der Waals surface area contributed by atoms with Gasteiger partial charge in [-0.15, -0.1) is 0 Å². The largest absolute Gasteiger partial charge is 0.337 e. The van der Waals surface area contributed by atoms with Crippen molar-refractivity contribution in [2.45, 2.75) is 71.5 Å². The van der Waals surface area contributed by atoms with Crippen LogP contribution in [0.5, 0.6) is 0 Å². The molecule has 2 bridgehead atoms. The van der Waals surface area contributed by atoms with E-state index < -0.39 is 0 Å². The van der Waals surface area contributed by atoms with Crippen molar-refractivity contribution in [1.29, 1.82) is 0 Å². The highest BCUT2D eigenvalue weighted by atomic mass is 16.2. The summed E-state index contributed by atoms with van der Waals surface area (Å²) in [6.45, 7) is 10.5. The van der Waals surface area contributed by atoms with Gasteiger partial charge in [0.15, 0.2) is 0 Å². The van der Waals surface area contributed by atoms with Crippen molar-refractivity contribution in [1.82, 2.24) is 9.80 Å². The van der Waals surface area contributed by atoms with Crippen LogP contribution in [-0.4, -0.2) is 46.9 Å². The van der Waals surface area contributed by atoms with E-state index in [2.05, 4.69) is 30.6 Å². The lowest BCUT2D eigenvalue weighted by Crippen LogP contribution is -2.44. The van der Waals surface area contributed by atoms with Crippen LogP contribution in [0.15, 0.2) is 11.6 Å². The van der Waals surface area contributed by atoms with Crippen molar-refractivity contribution in [3.8, 4) is 0 Å². The van der Waals surface area contributed by atoms with Crippen LogP contribution in [0, 0.1) is 0 Å². The Hall–Kier alpha value is -0.830. The van der Waals surface area contributed by atoms with Crippen LogP contribution in [0.1, 0.15) is 53.4 Å². The van der Waals surface area contributed by atoms with Crippen LogP contribution in [0.25, 0.3) is 0 Å². The number of likely N-dealkylation sites (tertiary alicyclic amines) is 1. The Morgan fingerprint density at radius 1 is 1.26 bits per heavy atom. The van der Waals surface area contributed by atoms with Gasteiger partial charge in [0.05, 0.1) is 0 Å². The molecule has 2 unspecified atom stereocenters. The first-order valence-corrected chi connectivity index (χ1v) is 7.78. The Morgan fingerprint density at radius 3 is 2.58 bits per heavy atom. The summed E-state index contributed by atoms with van der Waals surface area (Å²) in [6.07, 6.45) is 6.69. The number of carbonyl (C=O) groups excluding carboxylic acids is 1. The highest BCUT2D eigenvalue weighted by Crippen LogP contribution is 2.32. The monoisotopic (exact) mass is 264 g/mol. The van der Waals surface area contributed by atoms with E-state index in [0.29, 0.717) is 18.1 Å². The number of carbonyl (C=O) groups is 1. The van der Waals surface area contributed by atoms with Crippen LogP contribution in [0.2, 0.25) is 0 Å². The van der Waals surface area contributed by atoms with E-state index in [1.807, 2.05) is 13.0 Å². The standard InChI is InChI=1S/C16H28N2O/c1-5-6-13(4)16(19)17-10-9-14-7-8-15(11-17)18(14)12(2)3/h6,12,14-15H,5,7-11H2,1-4H3. The molecule has 0 saturated carbocycles. The van der Waals surface area contributed by atoms with Gasteiger partial charge < -0.3 is 4.90 Å². The molecule has 0 spiro atoms. The van der Waals surface area contributed by atoms with E-state index in [0.717, 1.165) is 31.5 Å². The Labute approximate surface area is 117 Å². The average Bonchev–Trinajstić information content (AvgIpc) is 2.64. The second-order valence-corrected chi connectivity index (χ2v) is 6.26. The summed E-state index contributed by atoms with van der Waals surface area (Å²) in [7, 11) is 0. The minimum atomic E-state index is 0.248. The highest BCUT2D eigenvalue weighted by Gasteiger charge is 2.39. The lowest BCUT2D eigenvalue weighted by atomic mass is 10.1. The fraction of sp³-hybridized carbons (Fsp3) is 0.812. The summed E-state index contributed by atoms with van der Waals surface area (Å²) < 4.78 is 0. The van der Waals surface area contributed by atoms with Crippen LogP contribution >= 0.6 is 0 Å². The maximum absolute atomic E-state index is 12.4. The second kappa shape index (κ2) is 6.08. The Bertz CT molecular complexity index is 362. The zero-order valence-electron chi connectivity index (χ0n) is 12.9. The first kappa shape index (κ1) is 14.6. The maximum Gasteiger partial charge on any atom is 0.249 e. The highest BCUT2D eigenvalue weighted by molar-refractivity contribution is 5.92. The topological polar surface area (TPSA) is 23.6 Å². The molecule has 3 heteroatoms. The number of rotatable bonds is 3. The van der Waals surface area contributed by atoms with Gasteiger partial charge >= 0.3 is 0 Å². The molecule has 0 aromatic rings. The van der Waals surface area contributed by atoms with Gasteiger partial charge in [0.2, 0.25) is 5.91 Å². The summed E-state index contributed by atoms with van der Waals surface area (Å²) in [5.74, 6) is 0.248. The van der Waals surface area contributed by atoms with E-state index in [1.165, 1.54) is 12.8 Å². The first-order valence-electron chi connectivity index (χ1n) is 7.78. The van der Waals surface area contributed by atoms with Crippen molar-refractivity contribution < 1.29 is 4.79 Å². The number of hydrogen-bond donors (Lipinski definition) is 0. The van der Waals surface area contributed by atoms with Gasteiger partial charge in [-0.05, 0) is 46.5 Å². The normalized spacial score (nSPS) is 28.9. The quantitative estimate of drug-likeness (QED) is 0.732. The van der Waals surface area contributed by atoms with E-state index in [9.17, 15) is 4.79 Å². The SMILES string of the molecule is CCC=C(C)C(=O)N1CCC2CCC(C1)N2C(C)C. The third kappa shape index (κ3) is 3.02. The molecule has 0 aromatic heterocycles. The Morgan fingerprint density at radius 2 is 1.95 bits per heavy atom. The summed E-state index contributed by atoms with van der Waals surface area (Å²) >= 11 is 0. The lowest BCUT2D eigenvalue weighted by molar-refractivity contribution is -0.127. The van der Waals surface area contributed by atoms with Crippen molar-refractivity contribution in [3.05, 3.63) is 11.6 Å². The maximum atomic E-state index is 12.4. The zero-order chi connectivity index (χ0) is 14.0. The summed E-state index contributed by atoms with van der Waals surface area (Å²) in [6, 6.07) is 1.86. The van der Waals surface area contributed by atoms with Crippen molar-refractivity contribution in [3.63, 3.8) is 0 Å². The van der Waals surface area contributed by atoms with E-state index >= 15 is 0 Å². The average molecular weight is 264 g/mol. The minimum Gasteiger partial charge on any atom is -0.337 e. The van der Waals surface area contributed by atoms with Crippen LogP contribution in [-0.2, 0) is 4.79 Å². The Balaban J connectivity index is 2.08. The third-order valence-corrected chi connectivity index (χ3v) is 4.57. The van der Waals surface area contributed by atoms with Gasteiger partial charge in [0.25, 0.3) is 0 Å². The van der Waals surface area contributed by atoms with Crippen LogP contribution < -0.4 is 0 Å². The molecule has 2 rings (SSSR count). The summed E-state index contributed by atoms with van der Waals surface area (Å²) in [5, 5.41) is 0. The molecule has 1 amide bonds. The fourth-order valence-corrected chi connectivity index (χ4v) is 3.78. The van der Waals surface area contributed by atoms with E-state index in [-0.39, 0.29) is 5.91 Å². The van der Waals surface area contributed by atoms with Crippen molar-refractivity contribution >= 4 is 5.91 Å². The molecule has 2 saturated heterocycles. The predicted molar refractivity (Wildman–Crippen MR) is 79.0 cm³/mol. The summed E-state index contributed by atoms with van der Waals surface area (Å²) in [4.78, 5) is 17.2. The molecule has 2 heterocycles. The van der Waals surface area contributed by atoms with Gasteiger partial charge in [0, 0.05) is 36.8 Å². The van der Waals surface area contributed by atoms with Crippen molar-refractivity contribution in [2.24, 2.45) is 0 Å². The molecule has 19 heavy (non-hydrogen) atoms. The fourth-order valence-electron chi connectivity index (χ4n) is 3.78. The molecule has 108 valence electrons. The molecule has 2 atom stereocenters. The number of nitrogens with zero attached hydrogens (tertiary/aromatic N) is 2. The van der Waals surface area contributed by atoms with Crippen LogP contribution in [0.4, 0.5) is 0 Å². The number of allylic oxidation sites excluding steroid dienone is 1. The molecule has 2 aliphatic heterocycles. The molecule has 0 N–H and O–H groups in total. The first-order chi connectivity index (χ1) is 9.04. The van der Waals surface area contributed by atoms with Gasteiger partial charge in [-0.1, -0.05) is 13.0 Å². The molecular formula is C16H28N2O. The minimum absolute atomic E-state index is 0.248. The predicted octanol–water partition coefficient (Wildman–Crippen LogP) is 2.82. The van der Waals surface area contributed by atoms with E-state index in [4.69, 9.17) is 0 Å². The molecule has 0 aromatic carbocycles. The van der Waals surface area contributed by atoms with Crippen molar-refractivity contribution in [2.75, 3.05) is 13.1 Å².